The molecule has 2 heterocycles. The maximum atomic E-state index is 12.2. The normalized spacial score (nSPS) is 19.5. The molecule has 4 rings (SSSR count). The van der Waals surface area contributed by atoms with Gasteiger partial charge in [0.15, 0.2) is 5.82 Å². The number of likely N-dealkylation sites (tertiary alicyclic amines) is 1. The Kier molecular flexibility index (Phi) is 5.34. The maximum Gasteiger partial charge on any atom is 0.319 e. The molecule has 0 unspecified atom stereocenters. The average Bonchev–Trinajstić information content (AvgIpc) is 3.29. The van der Waals surface area contributed by atoms with Gasteiger partial charge in [-0.05, 0) is 31.2 Å². The second-order valence-electron chi connectivity index (χ2n) is 7.06. The lowest BCUT2D eigenvalue weighted by Gasteiger charge is -2.14. The van der Waals surface area contributed by atoms with Crippen molar-refractivity contribution in [1.82, 2.24) is 20.4 Å². The van der Waals surface area contributed by atoms with E-state index < -0.39 is 0 Å². The number of carbonyl (C=O) groups excluding carboxylic acids is 1. The Morgan fingerprint density at radius 2 is 1.86 bits per heavy atom. The van der Waals surface area contributed by atoms with Crippen molar-refractivity contribution in [3.8, 4) is 0 Å². The first-order chi connectivity index (χ1) is 13.7. The molecule has 2 amide bonds. The first-order valence-electron chi connectivity index (χ1n) is 9.36. The molecule has 28 heavy (non-hydrogen) atoms. The molecule has 1 aliphatic heterocycles. The van der Waals surface area contributed by atoms with Crippen LogP contribution in [0.25, 0.3) is 0 Å². The number of para-hydroxylation sites is 1. The van der Waals surface area contributed by atoms with E-state index in [0.29, 0.717) is 18.1 Å². The molecule has 0 saturated carbocycles. The van der Waals surface area contributed by atoms with E-state index in [2.05, 4.69) is 25.7 Å². The summed E-state index contributed by atoms with van der Waals surface area (Å²) in [5.74, 6) is 1.27. The minimum Gasteiger partial charge on any atom is -0.338 e. The first kappa shape index (κ1) is 18.2. The molecule has 3 aromatic rings. The zero-order chi connectivity index (χ0) is 19.3. The highest BCUT2D eigenvalue weighted by molar-refractivity contribution is 5.89. The molecule has 2 aromatic carbocycles. The summed E-state index contributed by atoms with van der Waals surface area (Å²) < 4.78 is 5.51. The number of benzene rings is 2. The number of hydrogen-bond acceptors (Lipinski definition) is 5. The average molecular weight is 377 g/mol. The van der Waals surface area contributed by atoms with Crippen LogP contribution in [0.3, 0.4) is 0 Å². The van der Waals surface area contributed by atoms with Crippen molar-refractivity contribution in [3.05, 3.63) is 77.9 Å². The van der Waals surface area contributed by atoms with Crippen LogP contribution in [0.1, 0.15) is 29.7 Å². The summed E-state index contributed by atoms with van der Waals surface area (Å²) in [6, 6.07) is 19.3. The van der Waals surface area contributed by atoms with Crippen LogP contribution >= 0.6 is 0 Å². The Bertz CT molecular complexity index is 913. The summed E-state index contributed by atoms with van der Waals surface area (Å²) in [5.41, 5.74) is 1.91. The summed E-state index contributed by atoms with van der Waals surface area (Å²) in [6.07, 6.45) is 1.37. The number of nitrogens with zero attached hydrogens (tertiary/aromatic N) is 3. The van der Waals surface area contributed by atoms with Gasteiger partial charge in [0.25, 0.3) is 0 Å². The van der Waals surface area contributed by atoms with E-state index in [1.807, 2.05) is 67.7 Å². The van der Waals surface area contributed by atoms with E-state index in [1.165, 1.54) is 0 Å². The van der Waals surface area contributed by atoms with E-state index in [-0.39, 0.29) is 18.1 Å². The number of nitrogens with one attached hydrogen (secondary N) is 2. The van der Waals surface area contributed by atoms with Gasteiger partial charge >= 0.3 is 6.03 Å². The minimum atomic E-state index is -0.208. The standard InChI is InChI=1S/C21H23N5O2/c1-26-14-17(23-21(27)22-16-10-6-3-7-11-16)13-18(26)20-24-19(25-28-20)12-15-8-4-2-5-9-15/h2-11,17-18H,12-14H2,1H3,(H2,22,23,27)/t17-,18-/m0/s1. The second kappa shape index (κ2) is 8.22. The third kappa shape index (κ3) is 4.37. The van der Waals surface area contributed by atoms with Crippen LogP contribution in [0.5, 0.6) is 0 Å². The topological polar surface area (TPSA) is 83.3 Å². The van der Waals surface area contributed by atoms with Crippen molar-refractivity contribution < 1.29 is 9.32 Å². The van der Waals surface area contributed by atoms with Gasteiger partial charge in [-0.15, -0.1) is 0 Å². The van der Waals surface area contributed by atoms with Crippen molar-refractivity contribution in [1.29, 1.82) is 0 Å². The van der Waals surface area contributed by atoms with E-state index in [1.54, 1.807) is 0 Å². The fourth-order valence-electron chi connectivity index (χ4n) is 3.52. The smallest absolute Gasteiger partial charge is 0.319 e. The van der Waals surface area contributed by atoms with Gasteiger partial charge in [0, 0.05) is 24.7 Å². The molecule has 2 atom stereocenters. The van der Waals surface area contributed by atoms with Gasteiger partial charge in [0.2, 0.25) is 5.89 Å². The van der Waals surface area contributed by atoms with Gasteiger partial charge in [0.05, 0.1) is 6.04 Å². The number of rotatable bonds is 5. The van der Waals surface area contributed by atoms with E-state index in [9.17, 15) is 4.79 Å². The quantitative estimate of drug-likeness (QED) is 0.713. The number of carbonyl (C=O) groups is 1. The van der Waals surface area contributed by atoms with Gasteiger partial charge in [-0.3, -0.25) is 4.90 Å². The summed E-state index contributed by atoms with van der Waals surface area (Å²) in [6.45, 7) is 0.725. The lowest BCUT2D eigenvalue weighted by Crippen LogP contribution is -2.39. The molecule has 1 fully saturated rings. The molecule has 2 N–H and O–H groups in total. The fourth-order valence-corrected chi connectivity index (χ4v) is 3.52. The number of amides is 2. The zero-order valence-electron chi connectivity index (χ0n) is 15.7. The van der Waals surface area contributed by atoms with Crippen molar-refractivity contribution in [2.75, 3.05) is 18.9 Å². The monoisotopic (exact) mass is 377 g/mol. The fraction of sp³-hybridized carbons (Fsp3) is 0.286. The van der Waals surface area contributed by atoms with Gasteiger partial charge in [-0.2, -0.15) is 4.98 Å². The SMILES string of the molecule is CN1C[C@@H](NC(=O)Nc2ccccc2)C[C@H]1c1nc(Cc2ccccc2)no1. The van der Waals surface area contributed by atoms with Gasteiger partial charge in [0.1, 0.15) is 0 Å². The molecule has 0 bridgehead atoms. The highest BCUT2D eigenvalue weighted by atomic mass is 16.5. The molecule has 0 aliphatic carbocycles. The van der Waals surface area contributed by atoms with Gasteiger partial charge < -0.3 is 15.2 Å². The van der Waals surface area contributed by atoms with Crippen LogP contribution in [-0.4, -0.2) is 40.7 Å². The van der Waals surface area contributed by atoms with Crippen molar-refractivity contribution in [3.63, 3.8) is 0 Å². The van der Waals surface area contributed by atoms with Gasteiger partial charge in [-0.1, -0.05) is 53.7 Å². The van der Waals surface area contributed by atoms with E-state index in [4.69, 9.17) is 4.52 Å². The molecular weight excluding hydrogens is 354 g/mol. The Hall–Kier alpha value is -3.19. The minimum absolute atomic E-state index is 0.000881. The molecule has 1 aromatic heterocycles. The molecule has 1 aliphatic rings. The summed E-state index contributed by atoms with van der Waals surface area (Å²) in [5, 5.41) is 9.99. The van der Waals surface area contributed by atoms with Crippen LogP contribution in [0, 0.1) is 0 Å². The third-order valence-corrected chi connectivity index (χ3v) is 4.89. The van der Waals surface area contributed by atoms with Crippen LogP contribution in [0.2, 0.25) is 0 Å². The highest BCUT2D eigenvalue weighted by Crippen LogP contribution is 2.29. The molecule has 144 valence electrons. The third-order valence-electron chi connectivity index (χ3n) is 4.89. The highest BCUT2D eigenvalue weighted by Gasteiger charge is 2.35. The summed E-state index contributed by atoms with van der Waals surface area (Å²) in [4.78, 5) is 18.9. The Labute approximate surface area is 163 Å². The van der Waals surface area contributed by atoms with Crippen molar-refractivity contribution >= 4 is 11.7 Å². The summed E-state index contributed by atoms with van der Waals surface area (Å²) in [7, 11) is 2.00. The molecule has 7 heteroatoms. The lowest BCUT2D eigenvalue weighted by atomic mass is 10.1. The Morgan fingerprint density at radius 1 is 1.14 bits per heavy atom. The number of hydrogen-bond donors (Lipinski definition) is 2. The van der Waals surface area contributed by atoms with E-state index >= 15 is 0 Å². The lowest BCUT2D eigenvalue weighted by molar-refractivity contribution is 0.243. The summed E-state index contributed by atoms with van der Waals surface area (Å²) >= 11 is 0. The largest absolute Gasteiger partial charge is 0.338 e. The number of anilines is 1. The predicted octanol–water partition coefficient (Wildman–Crippen LogP) is 3.23. The zero-order valence-corrected chi connectivity index (χ0v) is 15.7. The van der Waals surface area contributed by atoms with Crippen LogP contribution in [0.4, 0.5) is 10.5 Å². The predicted molar refractivity (Wildman–Crippen MR) is 106 cm³/mol. The van der Waals surface area contributed by atoms with E-state index in [0.717, 1.165) is 24.2 Å². The van der Waals surface area contributed by atoms with Crippen LogP contribution < -0.4 is 10.6 Å². The number of urea groups is 1. The van der Waals surface area contributed by atoms with Crippen LogP contribution in [0.15, 0.2) is 65.2 Å². The first-order valence-corrected chi connectivity index (χ1v) is 9.36. The Morgan fingerprint density at radius 3 is 2.61 bits per heavy atom. The molecule has 7 nitrogen and oxygen atoms in total. The number of likely N-dealkylation sites (N-methyl/N-ethyl adjacent to an activating group) is 1. The van der Waals surface area contributed by atoms with Crippen molar-refractivity contribution in [2.24, 2.45) is 0 Å². The number of aromatic nitrogens is 2. The van der Waals surface area contributed by atoms with Crippen molar-refractivity contribution in [2.45, 2.75) is 24.9 Å². The molecular formula is C21H23N5O2. The second-order valence-corrected chi connectivity index (χ2v) is 7.06. The van der Waals surface area contributed by atoms with Gasteiger partial charge in [-0.25, -0.2) is 4.79 Å². The molecule has 0 radical (unpaired) electrons. The maximum absolute atomic E-state index is 12.2. The molecule has 0 spiro atoms. The van der Waals surface area contributed by atoms with Crippen LogP contribution in [-0.2, 0) is 6.42 Å². The molecule has 1 saturated heterocycles. The Balaban J connectivity index is 1.34.